The van der Waals surface area contributed by atoms with E-state index in [1.54, 1.807) is 0 Å². The molecule has 0 aromatic carbocycles. The van der Waals surface area contributed by atoms with Crippen molar-refractivity contribution in [2.24, 2.45) is 4.99 Å². The van der Waals surface area contributed by atoms with Crippen LogP contribution in [0, 0.1) is 0 Å². The van der Waals surface area contributed by atoms with Crippen LogP contribution in [0.4, 0.5) is 0 Å². The van der Waals surface area contributed by atoms with Crippen LogP contribution < -0.4 is 10.6 Å². The smallest absolute Gasteiger partial charge is 0.191 e. The molecule has 1 aliphatic heterocycles. The van der Waals surface area contributed by atoms with E-state index in [0.29, 0.717) is 6.54 Å². The average molecular weight is 323 g/mol. The number of rotatable bonds is 8. The molecular formula is C16H29N5O2. The molecule has 1 aliphatic rings. The zero-order valence-corrected chi connectivity index (χ0v) is 14.3. The normalized spacial score (nSPS) is 16.5. The van der Waals surface area contributed by atoms with Crippen molar-refractivity contribution in [3.05, 3.63) is 17.5 Å². The van der Waals surface area contributed by atoms with Crippen LogP contribution in [0.3, 0.4) is 0 Å². The van der Waals surface area contributed by atoms with Crippen molar-refractivity contribution in [3.8, 4) is 0 Å². The highest BCUT2D eigenvalue weighted by Crippen LogP contribution is 2.05. The Morgan fingerprint density at radius 1 is 1.30 bits per heavy atom. The molecule has 1 saturated heterocycles. The van der Waals surface area contributed by atoms with E-state index in [1.165, 1.54) is 0 Å². The Bertz CT molecular complexity index is 469. The van der Waals surface area contributed by atoms with Gasteiger partial charge in [0.05, 0.1) is 18.9 Å². The van der Waals surface area contributed by atoms with E-state index in [0.717, 1.165) is 76.2 Å². The van der Waals surface area contributed by atoms with Crippen LogP contribution >= 0.6 is 0 Å². The Balaban J connectivity index is 1.70. The molecular weight excluding hydrogens is 294 g/mol. The topological polar surface area (TPSA) is 74.9 Å². The predicted octanol–water partition coefficient (Wildman–Crippen LogP) is 1.01. The average Bonchev–Trinajstić information content (AvgIpc) is 3.05. The van der Waals surface area contributed by atoms with Crippen LogP contribution in [0.15, 0.2) is 15.6 Å². The van der Waals surface area contributed by atoms with E-state index in [4.69, 9.17) is 9.26 Å². The van der Waals surface area contributed by atoms with Crippen molar-refractivity contribution in [2.45, 2.75) is 33.2 Å². The lowest BCUT2D eigenvalue weighted by Crippen LogP contribution is -2.40. The van der Waals surface area contributed by atoms with Crippen LogP contribution in [0.1, 0.15) is 31.7 Å². The van der Waals surface area contributed by atoms with Crippen LogP contribution in [-0.2, 0) is 17.7 Å². The number of ether oxygens (including phenoxy) is 1. The number of aromatic nitrogens is 1. The molecule has 0 radical (unpaired) electrons. The Hall–Kier alpha value is -1.60. The van der Waals surface area contributed by atoms with Gasteiger partial charge in [-0.25, -0.2) is 4.99 Å². The van der Waals surface area contributed by atoms with Crippen molar-refractivity contribution in [1.82, 2.24) is 20.7 Å². The molecule has 2 heterocycles. The molecule has 2 N–H and O–H groups in total. The number of hydrogen-bond acceptors (Lipinski definition) is 5. The number of guanidine groups is 1. The number of aryl methyl sites for hydroxylation is 1. The maximum Gasteiger partial charge on any atom is 0.191 e. The molecule has 7 heteroatoms. The highest BCUT2D eigenvalue weighted by molar-refractivity contribution is 5.79. The lowest BCUT2D eigenvalue weighted by Gasteiger charge is -2.26. The van der Waals surface area contributed by atoms with Crippen molar-refractivity contribution < 1.29 is 9.26 Å². The molecule has 0 atom stereocenters. The second-order valence-electron chi connectivity index (χ2n) is 5.57. The quantitative estimate of drug-likeness (QED) is 0.423. The summed E-state index contributed by atoms with van der Waals surface area (Å²) in [5.41, 5.74) is 0.971. The predicted molar refractivity (Wildman–Crippen MR) is 90.6 cm³/mol. The van der Waals surface area contributed by atoms with Crippen LogP contribution in [0.5, 0.6) is 0 Å². The van der Waals surface area contributed by atoms with Gasteiger partial charge in [0.2, 0.25) is 0 Å². The SMILES string of the molecule is CCNC(=NCc1cc(CC)no1)NCCCN1CCOCC1. The minimum atomic E-state index is 0.506. The first kappa shape index (κ1) is 17.7. The summed E-state index contributed by atoms with van der Waals surface area (Å²) < 4.78 is 10.6. The standard InChI is InChI=1S/C16H29N5O2/c1-3-14-12-15(23-20-14)13-19-16(17-4-2)18-6-5-7-21-8-10-22-11-9-21/h12H,3-11,13H2,1-2H3,(H2,17,18,19). The maximum absolute atomic E-state index is 5.36. The molecule has 0 unspecified atom stereocenters. The minimum Gasteiger partial charge on any atom is -0.379 e. The van der Waals surface area contributed by atoms with Gasteiger partial charge in [-0.3, -0.25) is 4.90 Å². The summed E-state index contributed by atoms with van der Waals surface area (Å²) in [6, 6.07) is 1.96. The van der Waals surface area contributed by atoms with Gasteiger partial charge >= 0.3 is 0 Å². The third kappa shape index (κ3) is 6.58. The summed E-state index contributed by atoms with van der Waals surface area (Å²) in [7, 11) is 0. The fraction of sp³-hybridized carbons (Fsp3) is 0.750. The maximum atomic E-state index is 5.36. The van der Waals surface area contributed by atoms with E-state index in [2.05, 4.69) is 39.5 Å². The van der Waals surface area contributed by atoms with Gasteiger partial charge in [-0.05, 0) is 26.3 Å². The van der Waals surface area contributed by atoms with E-state index >= 15 is 0 Å². The lowest BCUT2D eigenvalue weighted by atomic mass is 10.3. The van der Waals surface area contributed by atoms with Crippen molar-refractivity contribution in [3.63, 3.8) is 0 Å². The van der Waals surface area contributed by atoms with E-state index in [-0.39, 0.29) is 0 Å². The molecule has 23 heavy (non-hydrogen) atoms. The Labute approximate surface area is 138 Å². The monoisotopic (exact) mass is 323 g/mol. The van der Waals surface area contributed by atoms with Crippen LogP contribution in [0.25, 0.3) is 0 Å². The molecule has 0 saturated carbocycles. The largest absolute Gasteiger partial charge is 0.379 e. The van der Waals surface area contributed by atoms with E-state index < -0.39 is 0 Å². The Morgan fingerprint density at radius 2 is 2.13 bits per heavy atom. The third-order valence-electron chi connectivity index (χ3n) is 3.75. The summed E-state index contributed by atoms with van der Waals surface area (Å²) in [5, 5.41) is 10.6. The summed E-state index contributed by atoms with van der Waals surface area (Å²) in [5.74, 6) is 1.62. The van der Waals surface area contributed by atoms with Gasteiger partial charge in [-0.1, -0.05) is 12.1 Å². The van der Waals surface area contributed by atoms with Gasteiger partial charge in [-0.2, -0.15) is 0 Å². The van der Waals surface area contributed by atoms with Crippen molar-refractivity contribution in [2.75, 3.05) is 45.9 Å². The molecule has 1 aromatic heterocycles. The third-order valence-corrected chi connectivity index (χ3v) is 3.75. The summed E-state index contributed by atoms with van der Waals surface area (Å²) in [6.45, 7) is 11.3. The Morgan fingerprint density at radius 3 is 2.83 bits per heavy atom. The van der Waals surface area contributed by atoms with Gasteiger partial charge in [-0.15, -0.1) is 0 Å². The summed E-state index contributed by atoms with van der Waals surface area (Å²) in [4.78, 5) is 6.98. The number of aliphatic imine (C=N–C) groups is 1. The van der Waals surface area contributed by atoms with Crippen LogP contribution in [0.2, 0.25) is 0 Å². The zero-order chi connectivity index (χ0) is 16.3. The molecule has 1 aromatic rings. The fourth-order valence-electron chi connectivity index (χ4n) is 2.43. The van der Waals surface area contributed by atoms with Gasteiger partial charge < -0.3 is 19.9 Å². The molecule has 1 fully saturated rings. The van der Waals surface area contributed by atoms with Gasteiger partial charge in [0, 0.05) is 32.2 Å². The number of hydrogen-bond donors (Lipinski definition) is 2. The number of morpholine rings is 1. The molecule has 0 amide bonds. The fourth-order valence-corrected chi connectivity index (χ4v) is 2.43. The van der Waals surface area contributed by atoms with Crippen molar-refractivity contribution >= 4 is 5.96 Å². The molecule has 0 spiro atoms. The first-order valence-electron chi connectivity index (χ1n) is 8.58. The van der Waals surface area contributed by atoms with Gasteiger partial charge in [0.25, 0.3) is 0 Å². The first-order chi connectivity index (χ1) is 11.3. The lowest BCUT2D eigenvalue weighted by molar-refractivity contribution is 0.0376. The van der Waals surface area contributed by atoms with E-state index in [1.807, 2.05) is 6.07 Å². The number of nitrogens with zero attached hydrogens (tertiary/aromatic N) is 3. The van der Waals surface area contributed by atoms with Crippen LogP contribution in [-0.4, -0.2) is 62.0 Å². The van der Waals surface area contributed by atoms with E-state index in [9.17, 15) is 0 Å². The van der Waals surface area contributed by atoms with Crippen molar-refractivity contribution in [1.29, 1.82) is 0 Å². The Kier molecular flexibility index (Phi) is 7.89. The minimum absolute atomic E-state index is 0.506. The highest BCUT2D eigenvalue weighted by atomic mass is 16.5. The molecule has 0 bridgehead atoms. The summed E-state index contributed by atoms with van der Waals surface area (Å²) >= 11 is 0. The second-order valence-corrected chi connectivity index (χ2v) is 5.57. The molecule has 130 valence electrons. The zero-order valence-electron chi connectivity index (χ0n) is 14.3. The second kappa shape index (κ2) is 10.2. The molecule has 7 nitrogen and oxygen atoms in total. The van der Waals surface area contributed by atoms with Gasteiger partial charge in [0.15, 0.2) is 11.7 Å². The highest BCUT2D eigenvalue weighted by Gasteiger charge is 2.09. The number of nitrogens with one attached hydrogen (secondary N) is 2. The first-order valence-corrected chi connectivity index (χ1v) is 8.58. The molecule has 2 rings (SSSR count). The van der Waals surface area contributed by atoms with Gasteiger partial charge in [0.1, 0.15) is 6.54 Å². The summed E-state index contributed by atoms with van der Waals surface area (Å²) in [6.07, 6.45) is 1.97. The molecule has 0 aliphatic carbocycles.